The number of imide groups is 1. The van der Waals surface area contributed by atoms with Crippen LogP contribution >= 0.6 is 11.6 Å². The lowest BCUT2D eigenvalue weighted by Gasteiger charge is -2.17. The van der Waals surface area contributed by atoms with E-state index in [-0.39, 0.29) is 16.4 Å². The average molecular weight is 381 g/mol. The van der Waals surface area contributed by atoms with Crippen LogP contribution in [0, 0.1) is 6.92 Å². The summed E-state index contributed by atoms with van der Waals surface area (Å²) in [5.74, 6) is -1.70. The van der Waals surface area contributed by atoms with E-state index in [9.17, 15) is 22.8 Å². The van der Waals surface area contributed by atoms with Crippen LogP contribution in [0.3, 0.4) is 0 Å². The Hall–Kier alpha value is -2.80. The van der Waals surface area contributed by atoms with Crippen molar-refractivity contribution < 1.29 is 22.8 Å². The molecule has 0 saturated heterocycles. The summed E-state index contributed by atoms with van der Waals surface area (Å²) in [6.45, 7) is 1.88. The van der Waals surface area contributed by atoms with Gasteiger partial charge in [-0.1, -0.05) is 35.4 Å². The number of nitrogens with one attached hydrogen (secondary N) is 1. The zero-order valence-corrected chi connectivity index (χ0v) is 14.2. The first-order valence-electron chi connectivity index (χ1n) is 7.48. The molecular weight excluding hydrogens is 369 g/mol. The molecule has 1 aliphatic heterocycles. The minimum Gasteiger partial charge on any atom is -0.350 e. The van der Waals surface area contributed by atoms with E-state index in [1.54, 1.807) is 24.3 Å². The van der Waals surface area contributed by atoms with Crippen LogP contribution in [0.25, 0.3) is 0 Å². The predicted octanol–water partition coefficient (Wildman–Crippen LogP) is 4.45. The molecule has 0 spiro atoms. The van der Waals surface area contributed by atoms with Crippen LogP contribution < -0.4 is 10.2 Å². The molecule has 0 saturated carbocycles. The van der Waals surface area contributed by atoms with Crippen molar-refractivity contribution in [2.24, 2.45) is 0 Å². The van der Waals surface area contributed by atoms with Crippen LogP contribution in [0.4, 0.5) is 24.5 Å². The Balaban J connectivity index is 1.92. The molecule has 2 amide bonds. The molecule has 2 aromatic rings. The van der Waals surface area contributed by atoms with Crippen LogP contribution in [0.1, 0.15) is 11.1 Å². The molecule has 3 rings (SSSR count). The van der Waals surface area contributed by atoms with Gasteiger partial charge in [-0.05, 0) is 37.3 Å². The van der Waals surface area contributed by atoms with Gasteiger partial charge in [0.05, 0.1) is 11.3 Å². The van der Waals surface area contributed by atoms with Crippen molar-refractivity contribution in [2.75, 3.05) is 10.2 Å². The number of aryl methyl sites for hydroxylation is 1. The second-order valence-corrected chi connectivity index (χ2v) is 6.05. The van der Waals surface area contributed by atoms with Gasteiger partial charge in [0.2, 0.25) is 0 Å². The third-order valence-corrected chi connectivity index (χ3v) is 4.13. The van der Waals surface area contributed by atoms with Gasteiger partial charge >= 0.3 is 6.18 Å². The average Bonchev–Trinajstić information content (AvgIpc) is 2.80. The fourth-order valence-corrected chi connectivity index (χ4v) is 2.66. The molecule has 26 heavy (non-hydrogen) atoms. The molecule has 1 heterocycles. The van der Waals surface area contributed by atoms with Crippen LogP contribution in [-0.2, 0) is 15.8 Å². The van der Waals surface area contributed by atoms with Gasteiger partial charge in [-0.2, -0.15) is 13.2 Å². The molecule has 2 aromatic carbocycles. The standard InChI is InChI=1S/C18H12ClF3N2O2/c1-10-5-7-12(8-6-10)23-15-14(19)16(25)24(17(15)26)13-4-2-3-11(9-13)18(20,21)22/h2-9,23H,1H3. The van der Waals surface area contributed by atoms with Gasteiger partial charge in [0.25, 0.3) is 11.8 Å². The number of hydrogen-bond acceptors (Lipinski definition) is 3. The Morgan fingerprint density at radius 3 is 2.27 bits per heavy atom. The molecule has 0 aromatic heterocycles. The second kappa shape index (κ2) is 6.49. The smallest absolute Gasteiger partial charge is 0.350 e. The van der Waals surface area contributed by atoms with Crippen LogP contribution in [0.5, 0.6) is 0 Å². The summed E-state index contributed by atoms with van der Waals surface area (Å²) in [5, 5.41) is 2.37. The Morgan fingerprint density at radius 1 is 1.00 bits per heavy atom. The zero-order valence-electron chi connectivity index (χ0n) is 13.4. The van der Waals surface area contributed by atoms with E-state index in [1.807, 2.05) is 6.92 Å². The summed E-state index contributed by atoms with van der Waals surface area (Å²) in [5.41, 5.74) is 0.170. The van der Waals surface area contributed by atoms with Gasteiger partial charge in [-0.15, -0.1) is 0 Å². The lowest BCUT2D eigenvalue weighted by atomic mass is 10.2. The largest absolute Gasteiger partial charge is 0.416 e. The quantitative estimate of drug-likeness (QED) is 0.800. The molecule has 1 aliphatic rings. The number of hydrogen-bond donors (Lipinski definition) is 1. The molecule has 0 unspecified atom stereocenters. The minimum atomic E-state index is -4.60. The van der Waals surface area contributed by atoms with Crippen molar-refractivity contribution in [3.8, 4) is 0 Å². The highest BCUT2D eigenvalue weighted by atomic mass is 35.5. The van der Waals surface area contributed by atoms with E-state index >= 15 is 0 Å². The fraction of sp³-hybridized carbons (Fsp3) is 0.111. The number of amides is 2. The molecule has 0 bridgehead atoms. The van der Waals surface area contributed by atoms with Gasteiger partial charge in [0, 0.05) is 5.69 Å². The first-order chi connectivity index (χ1) is 12.2. The fourth-order valence-electron chi connectivity index (χ4n) is 2.45. The lowest BCUT2D eigenvalue weighted by Crippen LogP contribution is -2.32. The lowest BCUT2D eigenvalue weighted by molar-refractivity contribution is -0.137. The third kappa shape index (κ3) is 3.30. The molecule has 0 aliphatic carbocycles. The normalized spacial score (nSPS) is 15.0. The number of carbonyl (C=O) groups excluding carboxylic acids is 2. The van der Waals surface area contributed by atoms with Crippen molar-refractivity contribution in [2.45, 2.75) is 13.1 Å². The third-order valence-electron chi connectivity index (χ3n) is 3.78. The number of alkyl halides is 3. The maximum atomic E-state index is 12.9. The Bertz CT molecular complexity index is 921. The summed E-state index contributed by atoms with van der Waals surface area (Å²) >= 11 is 5.96. The van der Waals surface area contributed by atoms with E-state index in [1.165, 1.54) is 6.07 Å². The zero-order chi connectivity index (χ0) is 19.1. The highest BCUT2D eigenvalue weighted by molar-refractivity contribution is 6.53. The van der Waals surface area contributed by atoms with Crippen molar-refractivity contribution in [1.29, 1.82) is 0 Å². The number of anilines is 2. The summed E-state index contributed by atoms with van der Waals surface area (Å²) in [7, 11) is 0. The summed E-state index contributed by atoms with van der Waals surface area (Å²) in [6.07, 6.45) is -4.60. The highest BCUT2D eigenvalue weighted by Gasteiger charge is 2.40. The molecule has 134 valence electrons. The summed E-state index contributed by atoms with van der Waals surface area (Å²) in [4.78, 5) is 25.5. The van der Waals surface area contributed by atoms with E-state index in [2.05, 4.69) is 5.32 Å². The second-order valence-electron chi connectivity index (χ2n) is 5.67. The molecule has 4 nitrogen and oxygen atoms in total. The number of halogens is 4. The highest BCUT2D eigenvalue weighted by Crippen LogP contribution is 2.35. The van der Waals surface area contributed by atoms with Gasteiger partial charge < -0.3 is 5.32 Å². The monoisotopic (exact) mass is 380 g/mol. The number of rotatable bonds is 3. The van der Waals surface area contributed by atoms with Gasteiger partial charge in [0.15, 0.2) is 0 Å². The molecule has 0 atom stereocenters. The summed E-state index contributed by atoms with van der Waals surface area (Å²) < 4.78 is 38.7. The van der Waals surface area contributed by atoms with Crippen LogP contribution in [-0.4, -0.2) is 11.8 Å². The summed E-state index contributed by atoms with van der Waals surface area (Å²) in [6, 6.07) is 10.9. The van der Waals surface area contributed by atoms with Gasteiger partial charge in [-0.3, -0.25) is 9.59 Å². The maximum Gasteiger partial charge on any atom is 0.416 e. The van der Waals surface area contributed by atoms with Crippen molar-refractivity contribution in [3.63, 3.8) is 0 Å². The first-order valence-corrected chi connectivity index (χ1v) is 7.86. The Morgan fingerprint density at radius 2 is 1.65 bits per heavy atom. The molecule has 8 heteroatoms. The molecule has 1 N–H and O–H groups in total. The molecule has 0 radical (unpaired) electrons. The SMILES string of the molecule is Cc1ccc(NC2=C(Cl)C(=O)N(c3cccc(C(F)(F)F)c3)C2=O)cc1. The van der Waals surface area contributed by atoms with Gasteiger partial charge in [-0.25, -0.2) is 4.90 Å². The number of nitrogens with zero attached hydrogens (tertiary/aromatic N) is 1. The van der Waals surface area contributed by atoms with E-state index < -0.39 is 23.6 Å². The number of carbonyl (C=O) groups is 2. The first kappa shape index (κ1) is 18.0. The van der Waals surface area contributed by atoms with Crippen molar-refractivity contribution in [1.82, 2.24) is 0 Å². The molecule has 0 fully saturated rings. The minimum absolute atomic E-state index is 0.182. The topological polar surface area (TPSA) is 49.4 Å². The van der Waals surface area contributed by atoms with E-state index in [4.69, 9.17) is 11.6 Å². The van der Waals surface area contributed by atoms with Crippen molar-refractivity contribution in [3.05, 3.63) is 70.4 Å². The van der Waals surface area contributed by atoms with E-state index in [0.29, 0.717) is 10.6 Å². The van der Waals surface area contributed by atoms with Crippen molar-refractivity contribution >= 4 is 34.8 Å². The number of benzene rings is 2. The maximum absolute atomic E-state index is 12.9. The van der Waals surface area contributed by atoms with E-state index in [0.717, 1.165) is 23.8 Å². The van der Waals surface area contributed by atoms with Crippen LogP contribution in [0.15, 0.2) is 59.3 Å². The van der Waals surface area contributed by atoms with Crippen LogP contribution in [0.2, 0.25) is 0 Å². The predicted molar refractivity (Wildman–Crippen MR) is 91.6 cm³/mol. The Labute approximate surface area is 151 Å². The molecular formula is C18H12ClF3N2O2. The van der Waals surface area contributed by atoms with Gasteiger partial charge in [0.1, 0.15) is 10.7 Å². The Kier molecular flexibility index (Phi) is 4.50.